The number of likely N-dealkylation sites (tertiary alicyclic amines) is 1. The first-order valence-electron chi connectivity index (χ1n) is 7.90. The van der Waals surface area contributed by atoms with Crippen molar-refractivity contribution in [1.82, 2.24) is 4.90 Å². The number of nitrogens with zero attached hydrogens (tertiary/aromatic N) is 1. The Kier molecular flexibility index (Phi) is 5.64. The van der Waals surface area contributed by atoms with E-state index >= 15 is 0 Å². The largest absolute Gasteiger partial charge is 0.391 e. The van der Waals surface area contributed by atoms with Crippen LogP contribution in [-0.2, 0) is 6.42 Å². The average Bonchev–Trinajstić information content (AvgIpc) is 2.99. The first-order valence-corrected chi connectivity index (χ1v) is 8.28. The Morgan fingerprint density at radius 1 is 1.29 bits per heavy atom. The highest BCUT2D eigenvalue weighted by Gasteiger charge is 2.41. The summed E-state index contributed by atoms with van der Waals surface area (Å²) < 4.78 is 13.4. The minimum absolute atomic E-state index is 0.230. The Bertz CT molecular complexity index is 470. The van der Waals surface area contributed by atoms with Crippen molar-refractivity contribution in [3.05, 3.63) is 34.6 Å². The van der Waals surface area contributed by atoms with E-state index in [9.17, 15) is 9.50 Å². The second-order valence-corrected chi connectivity index (χ2v) is 6.37. The second-order valence-electron chi connectivity index (χ2n) is 5.96. The van der Waals surface area contributed by atoms with Gasteiger partial charge in [0.15, 0.2) is 0 Å². The van der Waals surface area contributed by atoms with E-state index in [1.807, 2.05) is 0 Å². The predicted molar refractivity (Wildman–Crippen MR) is 85.2 cm³/mol. The van der Waals surface area contributed by atoms with Crippen LogP contribution < -0.4 is 0 Å². The summed E-state index contributed by atoms with van der Waals surface area (Å²) in [6.45, 7) is 6.32. The highest BCUT2D eigenvalue weighted by Crippen LogP contribution is 2.34. The molecule has 1 saturated heterocycles. The molecule has 1 unspecified atom stereocenters. The summed E-state index contributed by atoms with van der Waals surface area (Å²) in [4.78, 5) is 2.41. The van der Waals surface area contributed by atoms with Crippen LogP contribution in [0.1, 0.15) is 45.1 Å². The molecular weight excluding hydrogens is 289 g/mol. The fourth-order valence-corrected chi connectivity index (χ4v) is 3.83. The van der Waals surface area contributed by atoms with Gasteiger partial charge in [-0.15, -0.1) is 0 Å². The Hall–Kier alpha value is -0.640. The maximum absolute atomic E-state index is 13.4. The molecule has 4 heteroatoms. The third-order valence-corrected chi connectivity index (χ3v) is 5.37. The van der Waals surface area contributed by atoms with E-state index in [2.05, 4.69) is 18.7 Å². The lowest BCUT2D eigenvalue weighted by molar-refractivity contribution is -0.0270. The highest BCUT2D eigenvalue weighted by atomic mass is 35.5. The van der Waals surface area contributed by atoms with E-state index in [1.54, 1.807) is 6.07 Å². The zero-order valence-electron chi connectivity index (χ0n) is 12.9. The van der Waals surface area contributed by atoms with Gasteiger partial charge in [-0.2, -0.15) is 0 Å². The zero-order chi connectivity index (χ0) is 15.5. The van der Waals surface area contributed by atoms with Crippen molar-refractivity contribution in [3.63, 3.8) is 0 Å². The third-order valence-electron chi connectivity index (χ3n) is 5.00. The second kappa shape index (κ2) is 7.08. The molecule has 1 fully saturated rings. The monoisotopic (exact) mass is 313 g/mol. The molecule has 0 aliphatic carbocycles. The van der Waals surface area contributed by atoms with E-state index in [1.165, 1.54) is 25.0 Å². The number of hydrogen-bond donors (Lipinski definition) is 1. The van der Waals surface area contributed by atoms with Crippen molar-refractivity contribution in [2.24, 2.45) is 0 Å². The van der Waals surface area contributed by atoms with Crippen LogP contribution in [0.5, 0.6) is 0 Å². The molecule has 1 atom stereocenters. The summed E-state index contributed by atoms with van der Waals surface area (Å²) in [6, 6.07) is 4.35. The summed E-state index contributed by atoms with van der Waals surface area (Å²) >= 11 is 6.15. The first-order chi connectivity index (χ1) is 10.0. The fraction of sp³-hybridized carbons (Fsp3) is 0.647. The van der Waals surface area contributed by atoms with Crippen LogP contribution in [0.25, 0.3) is 0 Å². The smallest absolute Gasteiger partial charge is 0.123 e. The summed E-state index contributed by atoms with van der Waals surface area (Å²) in [5.74, 6) is -0.304. The molecule has 1 N–H and O–H groups in total. The van der Waals surface area contributed by atoms with Gasteiger partial charge in [0.2, 0.25) is 0 Å². The van der Waals surface area contributed by atoms with Gasteiger partial charge in [-0.1, -0.05) is 25.4 Å². The number of halogens is 2. The molecule has 1 aliphatic rings. The quantitative estimate of drug-likeness (QED) is 0.857. The topological polar surface area (TPSA) is 23.5 Å². The van der Waals surface area contributed by atoms with Crippen LogP contribution in [0.15, 0.2) is 18.2 Å². The van der Waals surface area contributed by atoms with Gasteiger partial charge in [-0.05, 0) is 62.5 Å². The Morgan fingerprint density at radius 3 is 2.48 bits per heavy atom. The number of hydrogen-bond acceptors (Lipinski definition) is 2. The third kappa shape index (κ3) is 3.41. The van der Waals surface area contributed by atoms with Crippen LogP contribution in [0.2, 0.25) is 5.02 Å². The van der Waals surface area contributed by atoms with Crippen molar-refractivity contribution in [2.75, 3.05) is 13.1 Å². The van der Waals surface area contributed by atoms with Crippen LogP contribution in [-0.4, -0.2) is 34.7 Å². The van der Waals surface area contributed by atoms with Crippen molar-refractivity contribution < 1.29 is 9.50 Å². The highest BCUT2D eigenvalue weighted by molar-refractivity contribution is 6.31. The minimum Gasteiger partial charge on any atom is -0.391 e. The normalized spacial score (nSPS) is 18.1. The summed E-state index contributed by atoms with van der Waals surface area (Å²) in [5.41, 5.74) is 0.459. The summed E-state index contributed by atoms with van der Waals surface area (Å²) in [6.07, 6.45) is 4.01. The maximum Gasteiger partial charge on any atom is 0.123 e. The van der Waals surface area contributed by atoms with Crippen molar-refractivity contribution in [2.45, 2.75) is 57.6 Å². The minimum atomic E-state index is -0.537. The molecule has 2 rings (SSSR count). The lowest BCUT2D eigenvalue weighted by Gasteiger charge is -2.44. The van der Waals surface area contributed by atoms with Crippen molar-refractivity contribution >= 4 is 11.6 Å². The van der Waals surface area contributed by atoms with Gasteiger partial charge in [-0.25, -0.2) is 4.39 Å². The molecule has 1 aromatic carbocycles. The lowest BCUT2D eigenvalue weighted by Crippen LogP contribution is -2.55. The molecule has 0 saturated carbocycles. The van der Waals surface area contributed by atoms with Gasteiger partial charge >= 0.3 is 0 Å². The van der Waals surface area contributed by atoms with Gasteiger partial charge in [0, 0.05) is 17.0 Å². The molecule has 0 bridgehead atoms. The van der Waals surface area contributed by atoms with E-state index in [4.69, 9.17) is 11.6 Å². The van der Waals surface area contributed by atoms with Crippen LogP contribution in [0, 0.1) is 5.82 Å². The zero-order valence-corrected chi connectivity index (χ0v) is 13.7. The Balaban J connectivity index is 2.22. The maximum atomic E-state index is 13.4. The molecule has 118 valence electrons. The first kappa shape index (κ1) is 16.7. The van der Waals surface area contributed by atoms with Crippen LogP contribution in [0.4, 0.5) is 4.39 Å². The molecule has 1 aliphatic heterocycles. The molecule has 1 aromatic rings. The molecule has 21 heavy (non-hydrogen) atoms. The number of aliphatic hydroxyl groups is 1. The molecular formula is C17H25ClFNO. The van der Waals surface area contributed by atoms with E-state index in [-0.39, 0.29) is 11.4 Å². The van der Waals surface area contributed by atoms with Gasteiger partial charge in [-0.3, -0.25) is 4.90 Å². The molecule has 1 heterocycles. The van der Waals surface area contributed by atoms with Crippen molar-refractivity contribution in [3.8, 4) is 0 Å². The van der Waals surface area contributed by atoms with Gasteiger partial charge < -0.3 is 5.11 Å². The van der Waals surface area contributed by atoms with Gasteiger partial charge in [0.25, 0.3) is 0 Å². The summed E-state index contributed by atoms with van der Waals surface area (Å²) in [7, 11) is 0. The van der Waals surface area contributed by atoms with E-state index in [0.29, 0.717) is 17.0 Å². The molecule has 0 spiro atoms. The van der Waals surface area contributed by atoms with Crippen LogP contribution >= 0.6 is 11.6 Å². The van der Waals surface area contributed by atoms with E-state index in [0.717, 1.165) is 25.9 Å². The number of aliphatic hydroxyl groups excluding tert-OH is 1. The van der Waals surface area contributed by atoms with Gasteiger partial charge in [0.05, 0.1) is 6.10 Å². The Labute approximate surface area is 131 Å². The summed E-state index contributed by atoms with van der Waals surface area (Å²) in [5, 5.41) is 11.4. The fourth-order valence-electron chi connectivity index (χ4n) is 3.64. The van der Waals surface area contributed by atoms with Gasteiger partial charge in [0.1, 0.15) is 5.82 Å². The van der Waals surface area contributed by atoms with Crippen molar-refractivity contribution in [1.29, 1.82) is 0 Å². The average molecular weight is 314 g/mol. The standard InChI is InChI=1S/C17H25ClFNO/c1-3-17(4-2,20-9-5-6-10-20)16(21)12-13-11-14(19)7-8-15(13)18/h7-8,11,16,21H,3-6,9-10,12H2,1-2H3. The van der Waals surface area contributed by atoms with Crippen LogP contribution in [0.3, 0.4) is 0 Å². The predicted octanol–water partition coefficient (Wildman–Crippen LogP) is 4.04. The molecule has 0 amide bonds. The Morgan fingerprint density at radius 2 is 1.90 bits per heavy atom. The molecule has 0 radical (unpaired) electrons. The lowest BCUT2D eigenvalue weighted by atomic mass is 9.81. The SMILES string of the molecule is CCC(CC)(C(O)Cc1cc(F)ccc1Cl)N1CCCC1. The molecule has 0 aromatic heterocycles. The number of benzene rings is 1. The molecule has 2 nitrogen and oxygen atoms in total. The van der Waals surface area contributed by atoms with E-state index < -0.39 is 6.10 Å². The number of rotatable bonds is 6.